The summed E-state index contributed by atoms with van der Waals surface area (Å²) in [4.78, 5) is 37.8. The Hall–Kier alpha value is -2.47. The summed E-state index contributed by atoms with van der Waals surface area (Å²) in [5, 5.41) is 7.64. The molecule has 2 unspecified atom stereocenters. The number of amides is 1. The molecule has 2 fully saturated rings. The summed E-state index contributed by atoms with van der Waals surface area (Å²) in [5.74, 6) is -1.69. The average Bonchev–Trinajstić information content (AvgIpc) is 3.26. The largest absolute Gasteiger partial charge is 0.353 e. The fourth-order valence-electron chi connectivity index (χ4n) is 4.05. The Kier molecular flexibility index (Phi) is 4.83. The van der Waals surface area contributed by atoms with E-state index in [1.165, 1.54) is 0 Å². The molecule has 2 aromatic rings. The van der Waals surface area contributed by atoms with Crippen molar-refractivity contribution in [2.75, 3.05) is 0 Å². The molecular formula is C21H22ClN3O3. The number of ketones is 2. The molecule has 7 heteroatoms. The van der Waals surface area contributed by atoms with Crippen LogP contribution in [0, 0.1) is 19.8 Å². The monoisotopic (exact) mass is 399 g/mol. The third-order valence-electron chi connectivity index (χ3n) is 5.51. The number of nitrogens with one attached hydrogen (secondary N) is 1. The number of hydrogen-bond acceptors (Lipinski definition) is 4. The van der Waals surface area contributed by atoms with Gasteiger partial charge in [-0.25, -0.2) is 4.68 Å². The van der Waals surface area contributed by atoms with Gasteiger partial charge in [0.05, 0.1) is 16.9 Å². The molecule has 2 atom stereocenters. The number of Topliss-reactive ketones (excluding diaryl/α,β-unsaturated/α-hetero) is 2. The molecule has 146 valence electrons. The lowest BCUT2D eigenvalue weighted by Gasteiger charge is -2.17. The molecule has 4 rings (SSSR count). The second-order valence-corrected chi connectivity index (χ2v) is 8.28. The maximum Gasteiger partial charge on any atom is 0.220 e. The number of benzene rings is 1. The number of aromatic nitrogens is 2. The van der Waals surface area contributed by atoms with Gasteiger partial charge in [0, 0.05) is 31.0 Å². The normalized spacial score (nSPS) is 22.0. The van der Waals surface area contributed by atoms with Crippen molar-refractivity contribution in [1.29, 1.82) is 0 Å². The van der Waals surface area contributed by atoms with Crippen LogP contribution in [-0.2, 0) is 14.4 Å². The van der Waals surface area contributed by atoms with Gasteiger partial charge in [-0.1, -0.05) is 11.6 Å². The number of rotatable bonds is 5. The van der Waals surface area contributed by atoms with Crippen LogP contribution in [0.5, 0.6) is 0 Å². The zero-order valence-corrected chi connectivity index (χ0v) is 16.6. The Balaban J connectivity index is 1.58. The second kappa shape index (κ2) is 7.17. The summed E-state index contributed by atoms with van der Waals surface area (Å²) >= 11 is 5.95. The van der Waals surface area contributed by atoms with Gasteiger partial charge in [0.1, 0.15) is 11.7 Å². The highest BCUT2D eigenvalue weighted by Gasteiger charge is 2.44. The first-order chi connectivity index (χ1) is 13.3. The highest BCUT2D eigenvalue weighted by Crippen LogP contribution is 2.38. The first-order valence-corrected chi connectivity index (χ1v) is 9.88. The van der Waals surface area contributed by atoms with Gasteiger partial charge in [0.15, 0.2) is 5.78 Å². The van der Waals surface area contributed by atoms with Crippen LogP contribution < -0.4 is 5.32 Å². The van der Waals surface area contributed by atoms with Crippen LogP contribution in [0.1, 0.15) is 48.3 Å². The van der Waals surface area contributed by atoms with E-state index in [9.17, 15) is 14.4 Å². The fraction of sp³-hybridized carbons (Fsp3) is 0.429. The lowest BCUT2D eigenvalue weighted by Crippen LogP contribution is -2.29. The number of nitrogens with zero attached hydrogens (tertiary/aromatic N) is 2. The van der Waals surface area contributed by atoms with Crippen molar-refractivity contribution in [2.45, 2.75) is 51.5 Å². The third-order valence-corrected chi connectivity index (χ3v) is 5.71. The molecule has 1 heterocycles. The molecule has 0 saturated heterocycles. The van der Waals surface area contributed by atoms with E-state index < -0.39 is 11.8 Å². The van der Waals surface area contributed by atoms with E-state index in [2.05, 4.69) is 10.4 Å². The molecule has 6 nitrogen and oxygen atoms in total. The van der Waals surface area contributed by atoms with Crippen molar-refractivity contribution in [3.8, 4) is 5.69 Å². The molecule has 1 aromatic heterocycles. The molecule has 1 aromatic carbocycles. The number of halogens is 1. The second-order valence-electron chi connectivity index (χ2n) is 7.85. The highest BCUT2D eigenvalue weighted by atomic mass is 35.5. The summed E-state index contributed by atoms with van der Waals surface area (Å²) in [5.41, 5.74) is 3.29. The predicted octanol–water partition coefficient (Wildman–Crippen LogP) is 3.05. The van der Waals surface area contributed by atoms with Gasteiger partial charge in [0.2, 0.25) is 5.91 Å². The van der Waals surface area contributed by atoms with E-state index in [-0.39, 0.29) is 36.4 Å². The molecule has 0 spiro atoms. The maximum absolute atomic E-state index is 13.0. The Labute approximate surface area is 168 Å². The Morgan fingerprint density at radius 2 is 1.93 bits per heavy atom. The third kappa shape index (κ3) is 3.61. The van der Waals surface area contributed by atoms with Gasteiger partial charge in [-0.15, -0.1) is 0 Å². The lowest BCUT2D eigenvalue weighted by molar-refractivity contribution is -0.128. The quantitative estimate of drug-likeness (QED) is 0.783. The van der Waals surface area contributed by atoms with Crippen LogP contribution in [0.25, 0.3) is 5.69 Å². The predicted molar refractivity (Wildman–Crippen MR) is 105 cm³/mol. The van der Waals surface area contributed by atoms with E-state index in [1.807, 2.05) is 26.0 Å². The van der Waals surface area contributed by atoms with Gasteiger partial charge < -0.3 is 5.32 Å². The summed E-state index contributed by atoms with van der Waals surface area (Å²) in [6.07, 6.45) is 5.49. The van der Waals surface area contributed by atoms with Gasteiger partial charge in [-0.05, 0) is 55.5 Å². The van der Waals surface area contributed by atoms with E-state index in [0.717, 1.165) is 35.2 Å². The fourth-order valence-corrected chi connectivity index (χ4v) is 4.19. The van der Waals surface area contributed by atoms with E-state index >= 15 is 0 Å². The molecule has 0 aliphatic heterocycles. The Morgan fingerprint density at radius 1 is 1.25 bits per heavy atom. The van der Waals surface area contributed by atoms with Crippen molar-refractivity contribution >= 4 is 29.1 Å². The summed E-state index contributed by atoms with van der Waals surface area (Å²) in [7, 11) is 0. The standard InChI is InChI=1S/C21H22ClN3O3/c1-11-5-16(25-10-14(22)9-23-25)6-12(2)19(11)20-17(26)7-13(21(20)28)8-18(27)24-15-3-4-15/h5-6,9-10,13,15,20H,3-4,7-8H2,1-2H3,(H,24,27). The SMILES string of the molecule is Cc1cc(-n2cc(Cl)cn2)cc(C)c1C1C(=O)CC(CC(=O)NC2CC2)C1=O. The summed E-state index contributed by atoms with van der Waals surface area (Å²) in [6.45, 7) is 3.79. The van der Waals surface area contributed by atoms with Crippen LogP contribution in [-0.4, -0.2) is 33.3 Å². The zero-order chi connectivity index (χ0) is 20.0. The van der Waals surface area contributed by atoms with Crippen LogP contribution in [0.2, 0.25) is 5.02 Å². The summed E-state index contributed by atoms with van der Waals surface area (Å²) < 4.78 is 1.66. The van der Waals surface area contributed by atoms with Gasteiger partial charge >= 0.3 is 0 Å². The van der Waals surface area contributed by atoms with E-state index in [4.69, 9.17) is 11.6 Å². The molecule has 2 saturated carbocycles. The Bertz CT molecular complexity index is 954. The van der Waals surface area contributed by atoms with Crippen molar-refractivity contribution in [3.05, 3.63) is 46.2 Å². The first-order valence-electron chi connectivity index (χ1n) is 9.51. The van der Waals surface area contributed by atoms with Gasteiger partial charge in [0.25, 0.3) is 0 Å². The molecule has 2 aliphatic rings. The Morgan fingerprint density at radius 3 is 2.50 bits per heavy atom. The molecule has 2 aliphatic carbocycles. The van der Waals surface area contributed by atoms with Gasteiger partial charge in [-0.2, -0.15) is 5.10 Å². The van der Waals surface area contributed by atoms with Crippen molar-refractivity contribution in [2.24, 2.45) is 5.92 Å². The molecule has 0 bridgehead atoms. The molecular weight excluding hydrogens is 378 g/mol. The minimum absolute atomic E-state index is 0.0968. The average molecular weight is 400 g/mol. The topological polar surface area (TPSA) is 81.1 Å². The number of carbonyl (C=O) groups is 3. The minimum Gasteiger partial charge on any atom is -0.353 e. The minimum atomic E-state index is -0.783. The number of hydrogen-bond donors (Lipinski definition) is 1. The van der Waals surface area contributed by atoms with Crippen LogP contribution in [0.15, 0.2) is 24.5 Å². The lowest BCUT2D eigenvalue weighted by atomic mass is 9.87. The first kappa shape index (κ1) is 18.9. The number of aryl methyl sites for hydroxylation is 2. The van der Waals surface area contributed by atoms with Crippen molar-refractivity contribution in [3.63, 3.8) is 0 Å². The molecule has 1 N–H and O–H groups in total. The van der Waals surface area contributed by atoms with Crippen molar-refractivity contribution in [1.82, 2.24) is 15.1 Å². The maximum atomic E-state index is 13.0. The van der Waals surface area contributed by atoms with E-state index in [0.29, 0.717) is 5.02 Å². The van der Waals surface area contributed by atoms with Crippen LogP contribution in [0.4, 0.5) is 0 Å². The highest BCUT2D eigenvalue weighted by molar-refractivity contribution is 6.30. The van der Waals surface area contributed by atoms with E-state index in [1.54, 1.807) is 17.1 Å². The smallest absolute Gasteiger partial charge is 0.220 e. The van der Waals surface area contributed by atoms with Crippen LogP contribution >= 0.6 is 11.6 Å². The molecule has 1 amide bonds. The van der Waals surface area contributed by atoms with Crippen LogP contribution in [0.3, 0.4) is 0 Å². The summed E-state index contributed by atoms with van der Waals surface area (Å²) in [6, 6.07) is 4.06. The van der Waals surface area contributed by atoms with Crippen molar-refractivity contribution < 1.29 is 14.4 Å². The zero-order valence-electron chi connectivity index (χ0n) is 15.9. The van der Waals surface area contributed by atoms with Gasteiger partial charge in [-0.3, -0.25) is 14.4 Å². The molecule has 28 heavy (non-hydrogen) atoms. The number of carbonyl (C=O) groups excluding carboxylic acids is 3. The molecule has 0 radical (unpaired) electrons.